The molecule has 116 valence electrons. The van der Waals surface area contributed by atoms with E-state index in [4.69, 9.17) is 4.42 Å². The van der Waals surface area contributed by atoms with Crippen LogP contribution in [0.2, 0.25) is 0 Å². The maximum absolute atomic E-state index is 5.35. The van der Waals surface area contributed by atoms with Crippen LogP contribution in [0.3, 0.4) is 0 Å². The second-order valence-electron chi connectivity index (χ2n) is 5.55. The van der Waals surface area contributed by atoms with Gasteiger partial charge < -0.3 is 15.1 Å². The van der Waals surface area contributed by atoms with E-state index in [0.29, 0.717) is 18.5 Å². The minimum absolute atomic E-state index is 0.501. The fourth-order valence-electron chi connectivity index (χ4n) is 2.27. The molecule has 0 bridgehead atoms. The van der Waals surface area contributed by atoms with Crippen molar-refractivity contribution in [2.75, 3.05) is 10.6 Å². The number of anilines is 2. The van der Waals surface area contributed by atoms with Crippen molar-refractivity contribution in [2.45, 2.75) is 25.4 Å². The summed E-state index contributed by atoms with van der Waals surface area (Å²) in [6.45, 7) is 0.586. The van der Waals surface area contributed by atoms with Gasteiger partial charge in [-0.2, -0.15) is 4.98 Å². The molecule has 1 aliphatic rings. The molecule has 3 aromatic rings. The summed E-state index contributed by atoms with van der Waals surface area (Å²) in [6.07, 6.45) is 7.55. The molecule has 3 aromatic heterocycles. The summed E-state index contributed by atoms with van der Waals surface area (Å²) in [5.74, 6) is 2.29. The van der Waals surface area contributed by atoms with E-state index in [1.807, 2.05) is 30.3 Å². The molecule has 4 rings (SSSR count). The molecule has 0 saturated heterocycles. The largest absolute Gasteiger partial charge is 0.467 e. The Balaban J connectivity index is 1.61. The van der Waals surface area contributed by atoms with Gasteiger partial charge in [-0.15, -0.1) is 0 Å². The van der Waals surface area contributed by atoms with E-state index in [2.05, 4.69) is 25.6 Å². The molecule has 0 atom stereocenters. The Morgan fingerprint density at radius 2 is 2.00 bits per heavy atom. The van der Waals surface area contributed by atoms with Gasteiger partial charge in [0.05, 0.1) is 18.5 Å². The number of hydrogen-bond donors (Lipinski definition) is 2. The lowest BCUT2D eigenvalue weighted by molar-refractivity contribution is 0.518. The van der Waals surface area contributed by atoms with Crippen LogP contribution >= 0.6 is 0 Å². The van der Waals surface area contributed by atoms with Gasteiger partial charge in [0.1, 0.15) is 11.6 Å². The smallest absolute Gasteiger partial charge is 0.225 e. The van der Waals surface area contributed by atoms with Crippen LogP contribution < -0.4 is 10.6 Å². The number of furan rings is 1. The highest BCUT2D eigenvalue weighted by Gasteiger charge is 2.22. The topological polar surface area (TPSA) is 75.9 Å². The number of nitrogens with one attached hydrogen (secondary N) is 2. The molecule has 0 radical (unpaired) electrons. The normalized spacial score (nSPS) is 13.7. The monoisotopic (exact) mass is 307 g/mol. The first-order chi connectivity index (χ1) is 11.4. The SMILES string of the molecule is c1coc(CNc2cc(-c3ccncc3)nc(NC3CC3)n2)c1. The van der Waals surface area contributed by atoms with E-state index in [0.717, 1.165) is 22.8 Å². The number of nitrogens with zero attached hydrogens (tertiary/aromatic N) is 3. The summed E-state index contributed by atoms with van der Waals surface area (Å²) in [5.41, 5.74) is 1.88. The molecule has 1 aliphatic carbocycles. The molecule has 2 N–H and O–H groups in total. The zero-order valence-corrected chi connectivity index (χ0v) is 12.6. The van der Waals surface area contributed by atoms with E-state index < -0.39 is 0 Å². The van der Waals surface area contributed by atoms with Gasteiger partial charge in [0.25, 0.3) is 0 Å². The molecule has 0 unspecified atom stereocenters. The zero-order chi connectivity index (χ0) is 15.5. The molecule has 0 aromatic carbocycles. The lowest BCUT2D eigenvalue weighted by Crippen LogP contribution is -2.09. The van der Waals surface area contributed by atoms with Crippen LogP contribution in [0.25, 0.3) is 11.3 Å². The van der Waals surface area contributed by atoms with E-state index in [-0.39, 0.29) is 0 Å². The minimum atomic E-state index is 0.501. The van der Waals surface area contributed by atoms with Gasteiger partial charge in [-0.3, -0.25) is 4.98 Å². The van der Waals surface area contributed by atoms with Crippen molar-refractivity contribution in [1.82, 2.24) is 15.0 Å². The molecule has 6 nitrogen and oxygen atoms in total. The molecule has 23 heavy (non-hydrogen) atoms. The van der Waals surface area contributed by atoms with Crippen molar-refractivity contribution in [1.29, 1.82) is 0 Å². The highest BCUT2D eigenvalue weighted by molar-refractivity contribution is 5.64. The van der Waals surface area contributed by atoms with E-state index >= 15 is 0 Å². The van der Waals surface area contributed by atoms with E-state index in [1.165, 1.54) is 12.8 Å². The molecule has 3 heterocycles. The quantitative estimate of drug-likeness (QED) is 0.727. The van der Waals surface area contributed by atoms with Gasteiger partial charge in [-0.1, -0.05) is 0 Å². The summed E-state index contributed by atoms with van der Waals surface area (Å²) >= 11 is 0. The van der Waals surface area contributed by atoms with Crippen molar-refractivity contribution in [3.05, 3.63) is 54.7 Å². The first kappa shape index (κ1) is 13.8. The third-order valence-electron chi connectivity index (χ3n) is 3.64. The third kappa shape index (κ3) is 3.48. The molecule has 1 saturated carbocycles. The van der Waals surface area contributed by atoms with Gasteiger partial charge in [-0.25, -0.2) is 4.98 Å². The molecule has 0 aliphatic heterocycles. The Kier molecular flexibility index (Phi) is 3.63. The van der Waals surface area contributed by atoms with Crippen LogP contribution in [0, 0.1) is 0 Å². The van der Waals surface area contributed by atoms with Crippen LogP contribution in [-0.4, -0.2) is 21.0 Å². The second kappa shape index (κ2) is 6.08. The Bertz CT molecular complexity index is 769. The summed E-state index contributed by atoms with van der Waals surface area (Å²) in [7, 11) is 0. The second-order valence-corrected chi connectivity index (χ2v) is 5.55. The zero-order valence-electron chi connectivity index (χ0n) is 12.6. The van der Waals surface area contributed by atoms with Crippen molar-refractivity contribution in [3.8, 4) is 11.3 Å². The van der Waals surface area contributed by atoms with Crippen molar-refractivity contribution >= 4 is 11.8 Å². The van der Waals surface area contributed by atoms with Crippen molar-refractivity contribution < 1.29 is 4.42 Å². The Morgan fingerprint density at radius 1 is 1.13 bits per heavy atom. The van der Waals surface area contributed by atoms with Crippen LogP contribution in [0.4, 0.5) is 11.8 Å². The lowest BCUT2D eigenvalue weighted by atomic mass is 10.2. The minimum Gasteiger partial charge on any atom is -0.467 e. The summed E-state index contributed by atoms with van der Waals surface area (Å²) in [4.78, 5) is 13.2. The van der Waals surface area contributed by atoms with Crippen molar-refractivity contribution in [2.24, 2.45) is 0 Å². The lowest BCUT2D eigenvalue weighted by Gasteiger charge is -2.10. The highest BCUT2D eigenvalue weighted by atomic mass is 16.3. The van der Waals surface area contributed by atoms with E-state index in [1.54, 1.807) is 18.7 Å². The number of aromatic nitrogens is 3. The predicted octanol–water partition coefficient (Wildman–Crippen LogP) is 3.32. The number of pyridine rings is 1. The molecule has 0 spiro atoms. The summed E-state index contributed by atoms with van der Waals surface area (Å²) in [6, 6.07) is 10.1. The molecular formula is C17H17N5O. The summed E-state index contributed by atoms with van der Waals surface area (Å²) in [5, 5.41) is 6.65. The predicted molar refractivity (Wildman–Crippen MR) is 87.9 cm³/mol. The van der Waals surface area contributed by atoms with Crippen LogP contribution in [-0.2, 0) is 6.54 Å². The fourth-order valence-corrected chi connectivity index (χ4v) is 2.27. The Hall–Kier alpha value is -2.89. The van der Waals surface area contributed by atoms with Gasteiger partial charge >= 0.3 is 0 Å². The highest BCUT2D eigenvalue weighted by Crippen LogP contribution is 2.26. The molecule has 6 heteroatoms. The van der Waals surface area contributed by atoms with Gasteiger partial charge in [0, 0.05) is 30.1 Å². The maximum atomic E-state index is 5.35. The fraction of sp³-hybridized carbons (Fsp3) is 0.235. The number of rotatable bonds is 6. The molecule has 0 amide bonds. The van der Waals surface area contributed by atoms with Gasteiger partial charge in [0.15, 0.2) is 0 Å². The van der Waals surface area contributed by atoms with Crippen molar-refractivity contribution in [3.63, 3.8) is 0 Å². The van der Waals surface area contributed by atoms with Crippen LogP contribution in [0.15, 0.2) is 53.4 Å². The number of hydrogen-bond acceptors (Lipinski definition) is 6. The maximum Gasteiger partial charge on any atom is 0.225 e. The first-order valence-corrected chi connectivity index (χ1v) is 7.69. The standard InChI is InChI=1S/C17H17N5O/c1-2-14(23-9-1)11-19-16-10-15(12-5-7-18-8-6-12)21-17(22-16)20-13-3-4-13/h1-2,5-10,13H,3-4,11H2,(H2,19,20,21,22). The average Bonchev–Trinajstić information content (AvgIpc) is 3.25. The Labute approximate surface area is 134 Å². The molecule has 1 fully saturated rings. The van der Waals surface area contributed by atoms with Crippen LogP contribution in [0.1, 0.15) is 18.6 Å². The third-order valence-corrected chi connectivity index (χ3v) is 3.64. The first-order valence-electron chi connectivity index (χ1n) is 7.69. The Morgan fingerprint density at radius 3 is 2.74 bits per heavy atom. The van der Waals surface area contributed by atoms with Crippen LogP contribution in [0.5, 0.6) is 0 Å². The van der Waals surface area contributed by atoms with E-state index in [9.17, 15) is 0 Å². The summed E-state index contributed by atoms with van der Waals surface area (Å²) < 4.78 is 5.35. The van der Waals surface area contributed by atoms with Gasteiger partial charge in [0.2, 0.25) is 5.95 Å². The van der Waals surface area contributed by atoms with Gasteiger partial charge in [-0.05, 0) is 37.1 Å². The average molecular weight is 307 g/mol. The molecular weight excluding hydrogens is 290 g/mol.